The van der Waals surface area contributed by atoms with Crippen molar-refractivity contribution in [1.82, 2.24) is 10.2 Å². The number of nitrogens with zero attached hydrogens (tertiary/aromatic N) is 2. The van der Waals surface area contributed by atoms with E-state index in [4.69, 9.17) is 30.6 Å². The molecule has 8 nitrogen and oxygen atoms in total. The maximum Gasteiger partial charge on any atom is 0.306 e. The molecule has 1 aromatic carbocycles. The molecule has 0 spiro atoms. The highest BCUT2D eigenvalue weighted by Gasteiger charge is 2.34. The van der Waals surface area contributed by atoms with Gasteiger partial charge in [0.1, 0.15) is 12.3 Å². The number of carboxylic acid groups (broad SMARTS) is 1. The topological polar surface area (TPSA) is 112 Å². The van der Waals surface area contributed by atoms with Crippen LogP contribution in [0.1, 0.15) is 12.8 Å². The number of carbonyl (C=O) groups is 1. The molecular formula is C20H17ClN2O6. The van der Waals surface area contributed by atoms with Gasteiger partial charge in [0.25, 0.3) is 0 Å². The summed E-state index contributed by atoms with van der Waals surface area (Å²) in [5, 5.41) is 17.6. The molecule has 1 saturated carbocycles. The third kappa shape index (κ3) is 4.23. The number of hydrogen-bond acceptors (Lipinski definition) is 7. The fourth-order valence-corrected chi connectivity index (χ4v) is 3.27. The summed E-state index contributed by atoms with van der Waals surface area (Å²) in [6.45, 7) is 0.599. The molecule has 2 aromatic heterocycles. The van der Waals surface area contributed by atoms with Crippen LogP contribution in [0.4, 0.5) is 0 Å². The van der Waals surface area contributed by atoms with Crippen molar-refractivity contribution in [2.45, 2.75) is 18.9 Å². The molecule has 1 aliphatic carbocycles. The Morgan fingerprint density at radius 3 is 2.76 bits per heavy atom. The molecule has 0 radical (unpaired) electrons. The third-order valence-corrected chi connectivity index (χ3v) is 5.03. The van der Waals surface area contributed by atoms with Gasteiger partial charge >= 0.3 is 5.97 Å². The molecule has 2 heterocycles. The van der Waals surface area contributed by atoms with Gasteiger partial charge in [-0.2, -0.15) is 0 Å². The Labute approximate surface area is 170 Å². The number of carboxylic acids is 1. The number of rotatable bonds is 7. The molecule has 3 aromatic rings. The van der Waals surface area contributed by atoms with E-state index in [2.05, 4.69) is 10.2 Å². The highest BCUT2D eigenvalue weighted by atomic mass is 35.5. The molecular weight excluding hydrogens is 400 g/mol. The highest BCUT2D eigenvalue weighted by molar-refractivity contribution is 6.34. The number of fused-ring (bicyclic) bond motifs is 1. The normalized spacial score (nSPS) is 18.4. The number of hydrogen-bond donors (Lipinski definition) is 1. The molecule has 0 amide bonds. The van der Waals surface area contributed by atoms with Crippen LogP contribution >= 0.6 is 11.6 Å². The number of aliphatic carboxylic acids is 1. The Morgan fingerprint density at radius 1 is 1.21 bits per heavy atom. The van der Waals surface area contributed by atoms with Gasteiger partial charge in [-0.05, 0) is 31.0 Å². The molecule has 9 heteroatoms. The molecule has 1 N–H and O–H groups in total. The van der Waals surface area contributed by atoms with Crippen molar-refractivity contribution >= 4 is 28.5 Å². The molecule has 1 fully saturated rings. The van der Waals surface area contributed by atoms with Crippen LogP contribution in [0.5, 0.6) is 5.88 Å². The predicted molar refractivity (Wildman–Crippen MR) is 104 cm³/mol. The molecule has 1 aliphatic rings. The zero-order chi connectivity index (χ0) is 20.4. The second-order valence-corrected chi connectivity index (χ2v) is 7.10. The Kier molecular flexibility index (Phi) is 5.46. The zero-order valence-corrected chi connectivity index (χ0v) is 16.0. The summed E-state index contributed by atoms with van der Waals surface area (Å²) < 4.78 is 16.7. The zero-order valence-electron chi connectivity index (χ0n) is 15.2. The fraction of sp³-hybridized carbons (Fsp3) is 0.300. The van der Waals surface area contributed by atoms with Crippen LogP contribution in [0.15, 0.2) is 45.6 Å². The van der Waals surface area contributed by atoms with Crippen LogP contribution in [0.3, 0.4) is 0 Å². The summed E-state index contributed by atoms with van der Waals surface area (Å²) in [4.78, 5) is 23.0. The summed E-state index contributed by atoms with van der Waals surface area (Å²) in [5.41, 5.74) is 0.461. The van der Waals surface area contributed by atoms with Crippen LogP contribution in [0, 0.1) is 5.92 Å². The quantitative estimate of drug-likeness (QED) is 0.584. The summed E-state index contributed by atoms with van der Waals surface area (Å²) in [7, 11) is 0. The molecule has 0 bridgehead atoms. The van der Waals surface area contributed by atoms with Gasteiger partial charge in [-0.1, -0.05) is 17.7 Å². The SMILES string of the molecule is O=c1cc(-c2ccc(OCCO[C@H]3C[C@@H](C(=O)O)C3)nn2)oc2c(Cl)cccc12. The number of halogens is 1. The van der Waals surface area contributed by atoms with Gasteiger partial charge in [0.2, 0.25) is 5.88 Å². The summed E-state index contributed by atoms with van der Waals surface area (Å²) in [6, 6.07) is 9.57. The van der Waals surface area contributed by atoms with E-state index in [1.165, 1.54) is 6.07 Å². The summed E-state index contributed by atoms with van der Waals surface area (Å²) in [5.74, 6) is -0.517. The third-order valence-electron chi connectivity index (χ3n) is 4.73. The maximum atomic E-state index is 12.3. The molecule has 0 saturated heterocycles. The molecule has 0 aliphatic heterocycles. The standard InChI is InChI=1S/C20H17ClN2O6/c21-14-3-1-2-13-16(24)10-17(29-19(13)14)15-4-5-18(23-22-15)28-7-6-27-12-8-11(9-12)20(25)26/h1-5,10-12H,6-9H2,(H,25,26)/t11-,12+. The van der Waals surface area contributed by atoms with Gasteiger partial charge in [0, 0.05) is 12.1 Å². The lowest BCUT2D eigenvalue weighted by Gasteiger charge is -2.31. The van der Waals surface area contributed by atoms with Crippen molar-refractivity contribution in [1.29, 1.82) is 0 Å². The molecule has 4 rings (SSSR count). The van der Waals surface area contributed by atoms with Crippen LogP contribution in [0.25, 0.3) is 22.4 Å². The Morgan fingerprint density at radius 2 is 2.03 bits per heavy atom. The van der Waals surface area contributed by atoms with E-state index in [-0.39, 0.29) is 29.8 Å². The maximum absolute atomic E-state index is 12.3. The lowest BCUT2D eigenvalue weighted by Crippen LogP contribution is -2.37. The Bertz CT molecular complexity index is 1090. The summed E-state index contributed by atoms with van der Waals surface area (Å²) in [6.07, 6.45) is 1.03. The smallest absolute Gasteiger partial charge is 0.306 e. The molecule has 0 atom stereocenters. The fourth-order valence-electron chi connectivity index (χ4n) is 3.06. The number of para-hydroxylation sites is 1. The van der Waals surface area contributed by atoms with E-state index in [9.17, 15) is 9.59 Å². The predicted octanol–water partition coefficient (Wildman–Crippen LogP) is 3.16. The minimum Gasteiger partial charge on any atom is -0.481 e. The van der Waals surface area contributed by atoms with E-state index in [0.29, 0.717) is 47.0 Å². The molecule has 150 valence electrons. The summed E-state index contributed by atoms with van der Waals surface area (Å²) >= 11 is 6.12. The number of benzene rings is 1. The van der Waals surface area contributed by atoms with Gasteiger partial charge in [0.15, 0.2) is 16.8 Å². The van der Waals surface area contributed by atoms with Gasteiger partial charge in [0.05, 0.1) is 29.0 Å². The van der Waals surface area contributed by atoms with Crippen molar-refractivity contribution in [2.24, 2.45) is 5.92 Å². The minimum absolute atomic E-state index is 0.0317. The van der Waals surface area contributed by atoms with E-state index in [1.54, 1.807) is 30.3 Å². The Balaban J connectivity index is 1.35. The first-order chi connectivity index (χ1) is 14.0. The van der Waals surface area contributed by atoms with Crippen molar-refractivity contribution in [3.8, 4) is 17.3 Å². The van der Waals surface area contributed by atoms with Gasteiger partial charge in [-0.25, -0.2) is 0 Å². The lowest BCUT2D eigenvalue weighted by atomic mass is 9.82. The highest BCUT2D eigenvalue weighted by Crippen LogP contribution is 2.30. The first-order valence-corrected chi connectivity index (χ1v) is 9.43. The van der Waals surface area contributed by atoms with Crippen LogP contribution in [-0.2, 0) is 9.53 Å². The van der Waals surface area contributed by atoms with Crippen molar-refractivity contribution in [2.75, 3.05) is 13.2 Å². The van der Waals surface area contributed by atoms with E-state index < -0.39 is 5.97 Å². The average Bonchev–Trinajstić information content (AvgIpc) is 2.67. The number of aromatic nitrogens is 2. The van der Waals surface area contributed by atoms with Gasteiger partial charge in [-0.3, -0.25) is 9.59 Å². The first-order valence-electron chi connectivity index (χ1n) is 9.05. The average molecular weight is 417 g/mol. The second kappa shape index (κ2) is 8.18. The first kappa shape index (κ1) is 19.4. The van der Waals surface area contributed by atoms with Crippen LogP contribution < -0.4 is 10.2 Å². The largest absolute Gasteiger partial charge is 0.481 e. The van der Waals surface area contributed by atoms with Gasteiger partial charge in [-0.15, -0.1) is 10.2 Å². The Hall–Kier alpha value is -2.97. The molecule has 29 heavy (non-hydrogen) atoms. The monoisotopic (exact) mass is 416 g/mol. The van der Waals surface area contributed by atoms with Gasteiger partial charge < -0.3 is 19.0 Å². The molecule has 0 unspecified atom stereocenters. The van der Waals surface area contributed by atoms with E-state index in [1.807, 2.05) is 0 Å². The number of ether oxygens (including phenoxy) is 2. The second-order valence-electron chi connectivity index (χ2n) is 6.70. The van der Waals surface area contributed by atoms with Crippen molar-refractivity contribution in [3.63, 3.8) is 0 Å². The van der Waals surface area contributed by atoms with Crippen molar-refractivity contribution in [3.05, 3.63) is 51.6 Å². The minimum atomic E-state index is -0.777. The van der Waals surface area contributed by atoms with Crippen molar-refractivity contribution < 1.29 is 23.8 Å². The van der Waals surface area contributed by atoms with Crippen LogP contribution in [-0.4, -0.2) is 40.6 Å². The van der Waals surface area contributed by atoms with E-state index >= 15 is 0 Å². The van der Waals surface area contributed by atoms with E-state index in [0.717, 1.165) is 0 Å². The van der Waals surface area contributed by atoms with Crippen LogP contribution in [0.2, 0.25) is 5.02 Å². The lowest BCUT2D eigenvalue weighted by molar-refractivity contribution is -0.151.